The zero-order valence-corrected chi connectivity index (χ0v) is 20.7. The second-order valence-corrected chi connectivity index (χ2v) is 8.48. The van der Waals surface area contributed by atoms with Crippen molar-refractivity contribution in [1.29, 1.82) is 0 Å². The van der Waals surface area contributed by atoms with E-state index in [2.05, 4.69) is 33.5 Å². The van der Waals surface area contributed by atoms with Gasteiger partial charge in [0.2, 0.25) is 23.6 Å². The fraction of sp³-hybridized carbons (Fsp3) is 0.583. The largest absolute Gasteiger partial charge is 0.346 e. The first-order chi connectivity index (χ1) is 16.2. The molecule has 0 aliphatic carbocycles. The molecule has 10 heteroatoms. The van der Waals surface area contributed by atoms with Gasteiger partial charge in [0, 0.05) is 5.69 Å². The maximum absolute atomic E-state index is 13.0. The Morgan fingerprint density at radius 2 is 1.59 bits per heavy atom. The molecule has 0 spiro atoms. The molecule has 1 aromatic carbocycles. The summed E-state index contributed by atoms with van der Waals surface area (Å²) >= 11 is 0. The molecular formula is C24H40N6O4. The van der Waals surface area contributed by atoms with Gasteiger partial charge in [-0.2, -0.15) is 0 Å². The van der Waals surface area contributed by atoms with Crippen LogP contribution in [0.3, 0.4) is 0 Å². The number of nitrogens with two attached hydrogens (primary N) is 1. The minimum atomic E-state index is -0.859. The van der Waals surface area contributed by atoms with Crippen molar-refractivity contribution in [3.8, 4) is 0 Å². The molecule has 2 atom stereocenters. The van der Waals surface area contributed by atoms with Gasteiger partial charge in [-0.05, 0) is 62.9 Å². The molecule has 4 amide bonds. The SMILES string of the molecule is CCc1ccc(NC(=O)[C@H](CCCCN)NC(=O)[C@@H](NC(=O)CNC(=O)CNC)C(C)C)cc1. The number of hydrogen-bond acceptors (Lipinski definition) is 6. The van der Waals surface area contributed by atoms with Crippen molar-refractivity contribution in [1.82, 2.24) is 21.3 Å². The molecule has 0 aliphatic rings. The third-order valence-corrected chi connectivity index (χ3v) is 5.26. The molecule has 0 bridgehead atoms. The second kappa shape index (κ2) is 15.8. The van der Waals surface area contributed by atoms with Gasteiger partial charge in [-0.3, -0.25) is 19.2 Å². The van der Waals surface area contributed by atoms with Crippen LogP contribution in [0.25, 0.3) is 0 Å². The molecule has 0 aliphatic heterocycles. The van der Waals surface area contributed by atoms with E-state index in [0.717, 1.165) is 18.4 Å². The molecule has 0 radical (unpaired) electrons. The summed E-state index contributed by atoms with van der Waals surface area (Å²) in [5, 5.41) is 13.5. The van der Waals surface area contributed by atoms with E-state index >= 15 is 0 Å². The molecule has 0 aromatic heterocycles. The molecule has 10 nitrogen and oxygen atoms in total. The topological polar surface area (TPSA) is 154 Å². The number of hydrogen-bond donors (Lipinski definition) is 6. The summed E-state index contributed by atoms with van der Waals surface area (Å²) in [6, 6.07) is 5.90. The van der Waals surface area contributed by atoms with Crippen LogP contribution >= 0.6 is 0 Å². The molecule has 1 rings (SSSR count). The minimum absolute atomic E-state index is 0.0855. The highest BCUT2D eigenvalue weighted by Crippen LogP contribution is 2.12. The van der Waals surface area contributed by atoms with Gasteiger partial charge < -0.3 is 32.3 Å². The molecular weight excluding hydrogens is 436 g/mol. The third kappa shape index (κ3) is 10.8. The van der Waals surface area contributed by atoms with Crippen molar-refractivity contribution >= 4 is 29.3 Å². The zero-order valence-electron chi connectivity index (χ0n) is 20.7. The second-order valence-electron chi connectivity index (χ2n) is 8.48. The Balaban J connectivity index is 2.82. The predicted molar refractivity (Wildman–Crippen MR) is 133 cm³/mol. The van der Waals surface area contributed by atoms with Crippen LogP contribution in [0, 0.1) is 5.92 Å². The lowest BCUT2D eigenvalue weighted by Crippen LogP contribution is -2.55. The zero-order chi connectivity index (χ0) is 25.5. The summed E-state index contributed by atoms with van der Waals surface area (Å²) < 4.78 is 0. The van der Waals surface area contributed by atoms with Gasteiger partial charge in [0.15, 0.2) is 0 Å². The van der Waals surface area contributed by atoms with Gasteiger partial charge in [-0.1, -0.05) is 32.9 Å². The lowest BCUT2D eigenvalue weighted by molar-refractivity contribution is -0.132. The third-order valence-electron chi connectivity index (χ3n) is 5.26. The number of unbranched alkanes of at least 4 members (excludes halogenated alkanes) is 1. The number of benzene rings is 1. The van der Waals surface area contributed by atoms with E-state index in [1.54, 1.807) is 20.9 Å². The number of aryl methyl sites for hydroxylation is 1. The first-order valence-electron chi connectivity index (χ1n) is 11.8. The van der Waals surface area contributed by atoms with Crippen LogP contribution < -0.4 is 32.3 Å². The molecule has 0 heterocycles. The molecule has 0 fully saturated rings. The van der Waals surface area contributed by atoms with Crippen LogP contribution in [0.4, 0.5) is 5.69 Å². The smallest absolute Gasteiger partial charge is 0.246 e. The first-order valence-corrected chi connectivity index (χ1v) is 11.8. The minimum Gasteiger partial charge on any atom is -0.346 e. The van der Waals surface area contributed by atoms with Gasteiger partial charge in [-0.25, -0.2) is 0 Å². The summed E-state index contributed by atoms with van der Waals surface area (Å²) in [6.07, 6.45) is 2.70. The van der Waals surface area contributed by atoms with Crippen molar-refractivity contribution in [2.75, 3.05) is 32.0 Å². The highest BCUT2D eigenvalue weighted by Gasteiger charge is 2.28. The molecule has 0 saturated heterocycles. The normalized spacial score (nSPS) is 12.5. The summed E-state index contributed by atoms with van der Waals surface area (Å²) in [5.41, 5.74) is 7.39. The van der Waals surface area contributed by atoms with Crippen LogP contribution in [0.1, 0.15) is 45.6 Å². The number of carbonyl (C=O) groups is 4. The summed E-state index contributed by atoms with van der Waals surface area (Å²) in [6.45, 7) is 5.97. The molecule has 190 valence electrons. The molecule has 0 saturated carbocycles. The maximum atomic E-state index is 13.0. The van der Waals surface area contributed by atoms with Crippen molar-refractivity contribution in [2.45, 2.75) is 58.5 Å². The Kier molecular flexibility index (Phi) is 13.5. The maximum Gasteiger partial charge on any atom is 0.246 e. The lowest BCUT2D eigenvalue weighted by atomic mass is 10.0. The predicted octanol–water partition coefficient (Wildman–Crippen LogP) is 0.278. The van der Waals surface area contributed by atoms with E-state index in [4.69, 9.17) is 5.73 Å². The standard InChI is InChI=1S/C24H40N6O4/c1-5-17-9-11-18(12-10-17)28-23(33)19(8-6-7-13-25)29-24(34)22(16(2)3)30-21(32)15-27-20(31)14-26-4/h9-12,16,19,22,26H,5-8,13-15,25H2,1-4H3,(H,27,31)(H,28,33)(H,29,34)(H,30,32)/t19-,22-/m0/s1. The van der Waals surface area contributed by atoms with Crippen molar-refractivity contribution in [3.05, 3.63) is 29.8 Å². The van der Waals surface area contributed by atoms with Gasteiger partial charge in [0.25, 0.3) is 0 Å². The van der Waals surface area contributed by atoms with E-state index in [1.165, 1.54) is 0 Å². The van der Waals surface area contributed by atoms with Gasteiger partial charge in [-0.15, -0.1) is 0 Å². The van der Waals surface area contributed by atoms with Crippen molar-refractivity contribution in [3.63, 3.8) is 0 Å². The van der Waals surface area contributed by atoms with E-state index in [0.29, 0.717) is 25.1 Å². The average molecular weight is 477 g/mol. The number of rotatable bonds is 15. The van der Waals surface area contributed by atoms with Gasteiger partial charge >= 0.3 is 0 Å². The fourth-order valence-corrected chi connectivity index (χ4v) is 3.24. The summed E-state index contributed by atoms with van der Waals surface area (Å²) in [7, 11) is 1.62. The Bertz CT molecular complexity index is 797. The highest BCUT2D eigenvalue weighted by atomic mass is 16.2. The first kappa shape index (κ1) is 29.1. The van der Waals surface area contributed by atoms with Crippen LogP contribution in [-0.4, -0.2) is 62.4 Å². The Morgan fingerprint density at radius 3 is 2.15 bits per heavy atom. The van der Waals surface area contributed by atoms with Crippen LogP contribution in [0.5, 0.6) is 0 Å². The molecule has 0 unspecified atom stereocenters. The number of anilines is 1. The van der Waals surface area contributed by atoms with Crippen LogP contribution in [0.15, 0.2) is 24.3 Å². The quantitative estimate of drug-likeness (QED) is 0.200. The summed E-state index contributed by atoms with van der Waals surface area (Å²) in [5.74, 6) is -1.83. The number of nitrogens with one attached hydrogen (secondary N) is 5. The van der Waals surface area contributed by atoms with Gasteiger partial charge in [0.1, 0.15) is 12.1 Å². The van der Waals surface area contributed by atoms with Crippen LogP contribution in [0.2, 0.25) is 0 Å². The Hall–Kier alpha value is -2.98. The fourth-order valence-electron chi connectivity index (χ4n) is 3.24. The van der Waals surface area contributed by atoms with Crippen molar-refractivity contribution < 1.29 is 19.2 Å². The number of amides is 4. The average Bonchev–Trinajstić information content (AvgIpc) is 2.81. The van der Waals surface area contributed by atoms with E-state index in [-0.39, 0.29) is 30.8 Å². The lowest BCUT2D eigenvalue weighted by Gasteiger charge is -2.25. The van der Waals surface area contributed by atoms with Crippen LogP contribution in [-0.2, 0) is 25.6 Å². The van der Waals surface area contributed by atoms with E-state index in [1.807, 2.05) is 24.3 Å². The number of likely N-dealkylation sites (N-methyl/N-ethyl adjacent to an activating group) is 1. The molecule has 34 heavy (non-hydrogen) atoms. The molecule has 7 N–H and O–H groups in total. The van der Waals surface area contributed by atoms with E-state index in [9.17, 15) is 19.2 Å². The molecule has 1 aromatic rings. The number of carbonyl (C=O) groups excluding carboxylic acids is 4. The summed E-state index contributed by atoms with van der Waals surface area (Å²) in [4.78, 5) is 49.8. The Morgan fingerprint density at radius 1 is 0.912 bits per heavy atom. The van der Waals surface area contributed by atoms with E-state index < -0.39 is 23.9 Å². The monoisotopic (exact) mass is 476 g/mol. The Labute approximate surface area is 202 Å². The highest BCUT2D eigenvalue weighted by molar-refractivity contribution is 5.98. The van der Waals surface area contributed by atoms with Gasteiger partial charge in [0.05, 0.1) is 13.1 Å². The van der Waals surface area contributed by atoms with Crippen molar-refractivity contribution in [2.24, 2.45) is 11.7 Å².